The van der Waals surface area contributed by atoms with Crippen LogP contribution >= 0.6 is 46.0 Å². The molecule has 196 valence electrons. The fourth-order valence-corrected chi connectivity index (χ4v) is 5.68. The molecule has 2 amide bonds. The predicted octanol–water partition coefficient (Wildman–Crippen LogP) is 7.03. The summed E-state index contributed by atoms with van der Waals surface area (Å²) in [5.41, 5.74) is 2.07. The van der Waals surface area contributed by atoms with Crippen LogP contribution < -0.4 is 18.9 Å². The second-order valence-corrected chi connectivity index (χ2v) is 10.8. The molecule has 0 bridgehead atoms. The summed E-state index contributed by atoms with van der Waals surface area (Å²) in [6, 6.07) is 13.0. The molecular formula is C27H20ClFINO6S. The van der Waals surface area contributed by atoms with Gasteiger partial charge in [0.25, 0.3) is 11.1 Å². The van der Waals surface area contributed by atoms with Gasteiger partial charge >= 0.3 is 0 Å². The number of nitrogens with zero attached hydrogens (tertiary/aromatic N) is 1. The van der Waals surface area contributed by atoms with Crippen molar-refractivity contribution in [1.29, 1.82) is 0 Å². The molecule has 1 fully saturated rings. The lowest BCUT2D eigenvalue weighted by molar-refractivity contribution is -0.123. The third kappa shape index (κ3) is 5.71. The highest BCUT2D eigenvalue weighted by Gasteiger charge is 2.36. The molecule has 7 nitrogen and oxygen atoms in total. The Morgan fingerprint density at radius 2 is 1.84 bits per heavy atom. The van der Waals surface area contributed by atoms with Gasteiger partial charge in [-0.2, -0.15) is 0 Å². The van der Waals surface area contributed by atoms with E-state index in [0.29, 0.717) is 45.8 Å². The van der Waals surface area contributed by atoms with Crippen LogP contribution in [0.2, 0.25) is 5.02 Å². The van der Waals surface area contributed by atoms with Gasteiger partial charge in [0.05, 0.1) is 21.6 Å². The summed E-state index contributed by atoms with van der Waals surface area (Å²) in [5.74, 6) is 1.35. The molecule has 0 atom stereocenters. The Morgan fingerprint density at radius 3 is 2.58 bits per heavy atom. The zero-order valence-electron chi connectivity index (χ0n) is 20.0. The smallest absolute Gasteiger partial charge is 0.293 e. The number of amides is 2. The van der Waals surface area contributed by atoms with Crippen LogP contribution in [0.5, 0.6) is 23.0 Å². The van der Waals surface area contributed by atoms with Crippen LogP contribution in [-0.4, -0.2) is 29.4 Å². The molecule has 0 saturated carbocycles. The van der Waals surface area contributed by atoms with Gasteiger partial charge in [0.2, 0.25) is 6.79 Å². The Labute approximate surface area is 241 Å². The number of fused-ring (bicyclic) bond motifs is 1. The average molecular weight is 668 g/mol. The van der Waals surface area contributed by atoms with Crippen molar-refractivity contribution in [2.24, 2.45) is 0 Å². The third-order valence-corrected chi connectivity index (χ3v) is 7.73. The zero-order chi connectivity index (χ0) is 26.8. The summed E-state index contributed by atoms with van der Waals surface area (Å²) in [7, 11) is 0. The lowest BCUT2D eigenvalue weighted by Crippen LogP contribution is -2.27. The van der Waals surface area contributed by atoms with Gasteiger partial charge in [-0.25, -0.2) is 4.39 Å². The maximum Gasteiger partial charge on any atom is 0.293 e. The van der Waals surface area contributed by atoms with Crippen LogP contribution in [0.15, 0.2) is 53.4 Å². The normalized spacial score (nSPS) is 15.5. The highest BCUT2D eigenvalue weighted by atomic mass is 127. The summed E-state index contributed by atoms with van der Waals surface area (Å²) in [5, 5.41) is -0.0154. The van der Waals surface area contributed by atoms with E-state index in [9.17, 15) is 14.0 Å². The lowest BCUT2D eigenvalue weighted by Gasteiger charge is -2.15. The highest BCUT2D eigenvalue weighted by molar-refractivity contribution is 14.1. The minimum absolute atomic E-state index is 0.00930. The van der Waals surface area contributed by atoms with Gasteiger partial charge in [0.1, 0.15) is 12.4 Å². The lowest BCUT2D eigenvalue weighted by atomic mass is 10.1. The molecule has 3 aromatic carbocycles. The largest absolute Gasteiger partial charge is 0.490 e. The molecule has 3 aromatic rings. The van der Waals surface area contributed by atoms with Gasteiger partial charge < -0.3 is 18.9 Å². The van der Waals surface area contributed by atoms with E-state index in [2.05, 4.69) is 22.6 Å². The topological polar surface area (TPSA) is 74.3 Å². The first kappa shape index (κ1) is 26.6. The maximum atomic E-state index is 13.2. The SMILES string of the molecule is CCOc1cc(/C=C2\SC(=O)N(Cc3cc4c(cc3Cl)OCO4)C2=O)cc(I)c1OCc1ccc(F)cc1. The maximum absolute atomic E-state index is 13.2. The molecule has 2 aliphatic rings. The monoisotopic (exact) mass is 667 g/mol. The standard InChI is InChI=1S/C27H20ClFINO6S/c1-2-34-23-8-16(7-20(30)25(23)35-13-15-3-5-18(29)6-4-15)9-24-26(32)31(27(33)38-24)12-17-10-21-22(11-19(17)28)37-14-36-21/h3-11H,2,12-14H2,1H3/b24-9-. The van der Waals surface area contributed by atoms with Gasteiger partial charge in [-0.3, -0.25) is 14.5 Å². The quantitative estimate of drug-likeness (QED) is 0.189. The Kier molecular flexibility index (Phi) is 8.01. The fraction of sp³-hybridized carbons (Fsp3) is 0.185. The van der Waals surface area contributed by atoms with Crippen LogP contribution in [0.25, 0.3) is 6.08 Å². The van der Waals surface area contributed by atoms with Crippen molar-refractivity contribution in [2.45, 2.75) is 20.1 Å². The molecule has 11 heteroatoms. The van der Waals surface area contributed by atoms with Crippen LogP contribution in [0.4, 0.5) is 9.18 Å². The number of benzene rings is 3. The zero-order valence-corrected chi connectivity index (χ0v) is 23.7. The molecule has 38 heavy (non-hydrogen) atoms. The van der Waals surface area contributed by atoms with Crippen LogP contribution in [0, 0.1) is 9.39 Å². The molecule has 0 unspecified atom stereocenters. The number of hydrogen-bond donors (Lipinski definition) is 0. The summed E-state index contributed by atoms with van der Waals surface area (Å²) < 4.78 is 36.5. The first-order valence-electron chi connectivity index (χ1n) is 11.5. The molecule has 0 aliphatic carbocycles. The molecule has 0 radical (unpaired) electrons. The second-order valence-electron chi connectivity index (χ2n) is 8.24. The van der Waals surface area contributed by atoms with Gasteiger partial charge in [-0.05, 0) is 94.4 Å². The number of carbonyl (C=O) groups excluding carboxylic acids is 2. The first-order valence-corrected chi connectivity index (χ1v) is 13.8. The molecular weight excluding hydrogens is 648 g/mol. The van der Waals surface area contributed by atoms with Gasteiger partial charge in [0, 0.05) is 11.1 Å². The molecule has 2 heterocycles. The van der Waals surface area contributed by atoms with E-state index in [1.807, 2.05) is 13.0 Å². The van der Waals surface area contributed by atoms with Crippen LogP contribution in [0.1, 0.15) is 23.6 Å². The molecule has 0 aromatic heterocycles. The van der Waals surface area contributed by atoms with E-state index in [1.165, 1.54) is 12.1 Å². The number of halogens is 3. The number of imide groups is 1. The van der Waals surface area contributed by atoms with Crippen LogP contribution in [0.3, 0.4) is 0 Å². The van der Waals surface area contributed by atoms with E-state index in [0.717, 1.165) is 25.8 Å². The number of thioether (sulfide) groups is 1. The first-order chi connectivity index (χ1) is 18.3. The summed E-state index contributed by atoms with van der Waals surface area (Å²) >= 11 is 9.34. The summed E-state index contributed by atoms with van der Waals surface area (Å²) in [6.07, 6.45) is 1.65. The number of ether oxygens (including phenoxy) is 4. The molecule has 2 aliphatic heterocycles. The minimum Gasteiger partial charge on any atom is -0.490 e. The molecule has 0 N–H and O–H groups in total. The molecule has 0 spiro atoms. The summed E-state index contributed by atoms with van der Waals surface area (Å²) in [6.45, 7) is 2.60. The Hall–Kier alpha value is -2.96. The second kappa shape index (κ2) is 11.4. The Bertz CT molecular complexity index is 1450. The van der Waals surface area contributed by atoms with Gasteiger partial charge in [0.15, 0.2) is 23.0 Å². The number of hydrogen-bond acceptors (Lipinski definition) is 7. The number of carbonyl (C=O) groups is 2. The van der Waals surface area contributed by atoms with E-state index in [4.69, 9.17) is 30.5 Å². The van der Waals surface area contributed by atoms with Gasteiger partial charge in [-0.1, -0.05) is 23.7 Å². The fourth-order valence-electron chi connectivity index (χ4n) is 3.85. The van der Waals surface area contributed by atoms with Crippen molar-refractivity contribution in [3.05, 3.63) is 84.5 Å². The Balaban J connectivity index is 1.35. The van der Waals surface area contributed by atoms with Crippen molar-refractivity contribution in [3.8, 4) is 23.0 Å². The van der Waals surface area contributed by atoms with E-state index in [-0.39, 0.29) is 30.7 Å². The van der Waals surface area contributed by atoms with E-state index < -0.39 is 11.1 Å². The Morgan fingerprint density at radius 1 is 1.11 bits per heavy atom. The van der Waals surface area contributed by atoms with Crippen molar-refractivity contribution < 1.29 is 32.9 Å². The molecule has 1 saturated heterocycles. The van der Waals surface area contributed by atoms with Crippen molar-refractivity contribution in [1.82, 2.24) is 4.90 Å². The predicted molar refractivity (Wildman–Crippen MR) is 150 cm³/mol. The minimum atomic E-state index is -0.418. The number of rotatable bonds is 8. The van der Waals surface area contributed by atoms with Gasteiger partial charge in [-0.15, -0.1) is 0 Å². The highest BCUT2D eigenvalue weighted by Crippen LogP contribution is 2.40. The molecule has 5 rings (SSSR count). The van der Waals surface area contributed by atoms with Crippen molar-refractivity contribution >= 4 is 63.2 Å². The average Bonchev–Trinajstić information content (AvgIpc) is 3.44. The van der Waals surface area contributed by atoms with E-state index >= 15 is 0 Å². The van der Waals surface area contributed by atoms with E-state index in [1.54, 1.807) is 36.4 Å². The summed E-state index contributed by atoms with van der Waals surface area (Å²) in [4.78, 5) is 27.3. The van der Waals surface area contributed by atoms with Crippen LogP contribution in [-0.2, 0) is 17.9 Å². The van der Waals surface area contributed by atoms with Crippen molar-refractivity contribution in [2.75, 3.05) is 13.4 Å². The van der Waals surface area contributed by atoms with Crippen molar-refractivity contribution in [3.63, 3.8) is 0 Å². The third-order valence-electron chi connectivity index (χ3n) is 5.67.